The molecule has 23 heavy (non-hydrogen) atoms. The Bertz CT molecular complexity index is 712. The molecular formula is C17H17N3O3. The van der Waals surface area contributed by atoms with Gasteiger partial charge < -0.3 is 19.3 Å². The van der Waals surface area contributed by atoms with Crippen molar-refractivity contribution < 1.29 is 14.3 Å². The zero-order chi connectivity index (χ0) is 15.6. The van der Waals surface area contributed by atoms with Gasteiger partial charge in [-0.15, -0.1) is 0 Å². The molecule has 2 aliphatic rings. The minimum atomic E-state index is -0.00646. The van der Waals surface area contributed by atoms with E-state index in [9.17, 15) is 4.79 Å². The van der Waals surface area contributed by atoms with Crippen molar-refractivity contribution in [1.82, 2.24) is 9.88 Å². The molecule has 0 saturated carbocycles. The van der Waals surface area contributed by atoms with Crippen molar-refractivity contribution in [2.75, 3.05) is 37.9 Å². The van der Waals surface area contributed by atoms with Crippen LogP contribution in [0.2, 0.25) is 0 Å². The molecule has 1 fully saturated rings. The van der Waals surface area contributed by atoms with E-state index < -0.39 is 0 Å². The Morgan fingerprint density at radius 1 is 1.00 bits per heavy atom. The molecule has 1 aromatic heterocycles. The van der Waals surface area contributed by atoms with E-state index in [0.29, 0.717) is 30.2 Å². The molecule has 1 saturated heterocycles. The average molecular weight is 311 g/mol. The Morgan fingerprint density at radius 3 is 2.65 bits per heavy atom. The Labute approximate surface area is 134 Å². The first-order chi connectivity index (χ1) is 11.3. The van der Waals surface area contributed by atoms with Crippen molar-refractivity contribution in [3.05, 3.63) is 48.2 Å². The topological polar surface area (TPSA) is 54.9 Å². The Hall–Kier alpha value is -2.76. The van der Waals surface area contributed by atoms with Crippen LogP contribution in [0.3, 0.4) is 0 Å². The number of piperazine rings is 1. The van der Waals surface area contributed by atoms with Gasteiger partial charge in [0.1, 0.15) is 5.82 Å². The molecule has 1 aromatic carbocycles. The lowest BCUT2D eigenvalue weighted by atomic mass is 10.1. The summed E-state index contributed by atoms with van der Waals surface area (Å²) in [7, 11) is 0. The Morgan fingerprint density at radius 2 is 1.87 bits per heavy atom. The zero-order valence-corrected chi connectivity index (χ0v) is 12.6. The number of amides is 1. The number of rotatable bonds is 2. The van der Waals surface area contributed by atoms with Crippen LogP contribution in [-0.4, -0.2) is 48.8 Å². The van der Waals surface area contributed by atoms with Crippen molar-refractivity contribution in [3.63, 3.8) is 0 Å². The lowest BCUT2D eigenvalue weighted by molar-refractivity contribution is 0.0742. The van der Waals surface area contributed by atoms with Crippen molar-refractivity contribution in [3.8, 4) is 11.5 Å². The van der Waals surface area contributed by atoms with Gasteiger partial charge in [-0.25, -0.2) is 4.98 Å². The van der Waals surface area contributed by atoms with Gasteiger partial charge in [-0.3, -0.25) is 4.79 Å². The molecule has 118 valence electrons. The molecule has 2 aliphatic heterocycles. The van der Waals surface area contributed by atoms with Crippen LogP contribution in [0.1, 0.15) is 10.4 Å². The van der Waals surface area contributed by atoms with E-state index in [2.05, 4.69) is 9.88 Å². The Kier molecular flexibility index (Phi) is 3.49. The molecule has 0 radical (unpaired) electrons. The van der Waals surface area contributed by atoms with E-state index in [1.165, 1.54) is 0 Å². The fourth-order valence-corrected chi connectivity index (χ4v) is 2.95. The average Bonchev–Trinajstić information content (AvgIpc) is 3.11. The minimum Gasteiger partial charge on any atom is -0.454 e. The first kappa shape index (κ1) is 13.9. The quantitative estimate of drug-likeness (QED) is 0.846. The van der Waals surface area contributed by atoms with E-state index in [1.54, 1.807) is 12.3 Å². The number of benzene rings is 1. The summed E-state index contributed by atoms with van der Waals surface area (Å²) in [4.78, 5) is 21.2. The third kappa shape index (κ3) is 2.56. The molecule has 2 aromatic rings. The van der Waals surface area contributed by atoms with E-state index in [4.69, 9.17) is 9.47 Å². The number of carbonyl (C=O) groups is 1. The van der Waals surface area contributed by atoms with Crippen LogP contribution in [-0.2, 0) is 0 Å². The van der Waals surface area contributed by atoms with Crippen molar-refractivity contribution in [2.45, 2.75) is 0 Å². The van der Waals surface area contributed by atoms with Crippen LogP contribution in [0.25, 0.3) is 0 Å². The van der Waals surface area contributed by atoms with Crippen molar-refractivity contribution in [1.29, 1.82) is 0 Å². The van der Waals surface area contributed by atoms with E-state index in [0.717, 1.165) is 18.9 Å². The van der Waals surface area contributed by atoms with E-state index in [-0.39, 0.29) is 12.7 Å². The predicted octanol–water partition coefficient (Wildman–Crippen LogP) is 1.77. The van der Waals surface area contributed by atoms with Crippen molar-refractivity contribution >= 4 is 11.7 Å². The summed E-state index contributed by atoms with van der Waals surface area (Å²) in [5, 5.41) is 0. The van der Waals surface area contributed by atoms with Crippen LogP contribution >= 0.6 is 0 Å². The molecule has 0 atom stereocenters. The van der Waals surface area contributed by atoms with Gasteiger partial charge in [-0.2, -0.15) is 0 Å². The van der Waals surface area contributed by atoms with Gasteiger partial charge in [0.2, 0.25) is 6.79 Å². The SMILES string of the molecule is O=C(c1cccc2c1OCO2)N1CCN(c2ccccn2)CC1. The second-order valence-corrected chi connectivity index (χ2v) is 5.51. The van der Waals surface area contributed by atoms with Gasteiger partial charge in [-0.1, -0.05) is 12.1 Å². The summed E-state index contributed by atoms with van der Waals surface area (Å²) in [6.07, 6.45) is 1.79. The standard InChI is InChI=1S/C17H17N3O3/c21-17(13-4-3-5-14-16(13)23-12-22-14)20-10-8-19(9-11-20)15-6-1-2-7-18-15/h1-7H,8-12H2. The third-order valence-corrected chi connectivity index (χ3v) is 4.17. The maximum atomic E-state index is 12.8. The first-order valence-electron chi connectivity index (χ1n) is 7.67. The number of anilines is 1. The molecule has 1 amide bonds. The molecular weight excluding hydrogens is 294 g/mol. The zero-order valence-electron chi connectivity index (χ0n) is 12.6. The van der Waals surface area contributed by atoms with Crippen LogP contribution in [0.5, 0.6) is 11.5 Å². The highest BCUT2D eigenvalue weighted by Gasteiger charge is 2.27. The molecule has 6 heteroatoms. The normalized spacial score (nSPS) is 16.5. The van der Waals surface area contributed by atoms with E-state index in [1.807, 2.05) is 35.2 Å². The van der Waals surface area contributed by atoms with E-state index >= 15 is 0 Å². The first-order valence-corrected chi connectivity index (χ1v) is 7.67. The summed E-state index contributed by atoms with van der Waals surface area (Å²) in [6.45, 7) is 3.05. The summed E-state index contributed by atoms with van der Waals surface area (Å²) < 4.78 is 10.8. The molecule has 0 unspecified atom stereocenters. The number of fused-ring (bicyclic) bond motifs is 1. The van der Waals surface area contributed by atoms with Gasteiger partial charge in [0, 0.05) is 32.4 Å². The van der Waals surface area contributed by atoms with Crippen LogP contribution in [0, 0.1) is 0 Å². The number of hydrogen-bond acceptors (Lipinski definition) is 5. The van der Waals surface area contributed by atoms with Gasteiger partial charge >= 0.3 is 0 Å². The number of aromatic nitrogens is 1. The smallest absolute Gasteiger partial charge is 0.257 e. The van der Waals surface area contributed by atoms with Gasteiger partial charge in [0.15, 0.2) is 11.5 Å². The number of nitrogens with zero attached hydrogens (tertiary/aromatic N) is 3. The number of hydrogen-bond donors (Lipinski definition) is 0. The molecule has 0 spiro atoms. The summed E-state index contributed by atoms with van der Waals surface area (Å²) in [6, 6.07) is 11.3. The third-order valence-electron chi connectivity index (χ3n) is 4.17. The highest BCUT2D eigenvalue weighted by Crippen LogP contribution is 2.36. The number of carbonyl (C=O) groups excluding carboxylic acids is 1. The van der Waals surface area contributed by atoms with Crippen LogP contribution < -0.4 is 14.4 Å². The maximum Gasteiger partial charge on any atom is 0.257 e. The maximum absolute atomic E-state index is 12.8. The summed E-state index contributed by atoms with van der Waals surface area (Å²) >= 11 is 0. The number of pyridine rings is 1. The fourth-order valence-electron chi connectivity index (χ4n) is 2.95. The second kappa shape index (κ2) is 5.79. The molecule has 0 N–H and O–H groups in total. The highest BCUT2D eigenvalue weighted by molar-refractivity contribution is 5.98. The van der Waals surface area contributed by atoms with Crippen LogP contribution in [0.15, 0.2) is 42.6 Å². The van der Waals surface area contributed by atoms with Crippen molar-refractivity contribution in [2.24, 2.45) is 0 Å². The molecule has 6 nitrogen and oxygen atoms in total. The molecule has 3 heterocycles. The minimum absolute atomic E-state index is 0.00646. The second-order valence-electron chi connectivity index (χ2n) is 5.51. The monoisotopic (exact) mass is 311 g/mol. The number of ether oxygens (including phenoxy) is 2. The van der Waals surface area contributed by atoms with Gasteiger partial charge in [-0.05, 0) is 24.3 Å². The fraction of sp³-hybridized carbons (Fsp3) is 0.294. The lowest BCUT2D eigenvalue weighted by Crippen LogP contribution is -2.49. The highest BCUT2D eigenvalue weighted by atomic mass is 16.7. The molecule has 0 bridgehead atoms. The Balaban J connectivity index is 1.47. The van der Waals surface area contributed by atoms with Gasteiger partial charge in [0.25, 0.3) is 5.91 Å². The van der Waals surface area contributed by atoms with Crippen LogP contribution in [0.4, 0.5) is 5.82 Å². The summed E-state index contributed by atoms with van der Waals surface area (Å²) in [5.41, 5.74) is 0.575. The molecule has 0 aliphatic carbocycles. The lowest BCUT2D eigenvalue weighted by Gasteiger charge is -2.35. The predicted molar refractivity (Wildman–Crippen MR) is 84.9 cm³/mol. The number of para-hydroxylation sites is 1. The largest absolute Gasteiger partial charge is 0.454 e. The summed E-state index contributed by atoms with van der Waals surface area (Å²) in [5.74, 6) is 2.15. The van der Waals surface area contributed by atoms with Gasteiger partial charge in [0.05, 0.1) is 5.56 Å². The molecule has 4 rings (SSSR count).